The highest BCUT2D eigenvalue weighted by Gasteiger charge is 2.29. The number of alkyl halides is 1. The Hall–Kier alpha value is -1.51. The standard InChI is InChI=1S/C19H25FN2OS/c1-6-9-21-18(15-7-8-15)22-16-11-17(14(3)10-13(16)2)24(23)12-19(4,5)20/h1,10-11,15H,7-9,12H2,2-5H3,(H,21,22). The first-order chi connectivity index (χ1) is 11.2. The summed E-state index contributed by atoms with van der Waals surface area (Å²) in [6, 6.07) is 3.79. The molecule has 0 aliphatic heterocycles. The summed E-state index contributed by atoms with van der Waals surface area (Å²) in [5, 5.41) is 3.19. The van der Waals surface area contributed by atoms with Crippen molar-refractivity contribution in [3.63, 3.8) is 0 Å². The van der Waals surface area contributed by atoms with Crippen LogP contribution in [-0.4, -0.2) is 28.4 Å². The van der Waals surface area contributed by atoms with Gasteiger partial charge in [-0.2, -0.15) is 0 Å². The highest BCUT2D eigenvalue weighted by molar-refractivity contribution is 7.91. The number of nitrogens with zero attached hydrogens (tertiary/aromatic N) is 1. The summed E-state index contributed by atoms with van der Waals surface area (Å²) in [5.74, 6) is 3.86. The van der Waals surface area contributed by atoms with E-state index in [0.29, 0.717) is 17.4 Å². The van der Waals surface area contributed by atoms with Crippen LogP contribution >= 0.6 is 0 Å². The molecule has 0 bridgehead atoms. The smallest absolute Gasteiger partial charge is 0.157 e. The van der Waals surface area contributed by atoms with Crippen LogP contribution in [-0.2, 0) is 11.2 Å². The van der Waals surface area contributed by atoms with Crippen LogP contribution in [0.2, 0.25) is 0 Å². The Morgan fingerprint density at radius 1 is 1.42 bits per heavy atom. The lowest BCUT2D eigenvalue weighted by atomic mass is 10.1. The molecule has 0 radical (unpaired) electrons. The molecule has 0 amide bonds. The van der Waals surface area contributed by atoms with Crippen LogP contribution in [0.5, 0.6) is 0 Å². The Kier molecular flexibility index (Phi) is 5.95. The van der Waals surface area contributed by atoms with Crippen LogP contribution in [0.15, 0.2) is 22.0 Å². The van der Waals surface area contributed by atoms with Crippen LogP contribution < -0.4 is 5.32 Å². The van der Waals surface area contributed by atoms with Crippen molar-refractivity contribution >= 4 is 22.7 Å². The Balaban J connectivity index is 2.33. The van der Waals surface area contributed by atoms with Crippen molar-refractivity contribution in [3.8, 4) is 12.3 Å². The molecule has 1 aliphatic carbocycles. The van der Waals surface area contributed by atoms with E-state index in [-0.39, 0.29) is 5.75 Å². The summed E-state index contributed by atoms with van der Waals surface area (Å²) >= 11 is -1.40. The Morgan fingerprint density at radius 3 is 2.62 bits per heavy atom. The van der Waals surface area contributed by atoms with Crippen LogP contribution in [0.3, 0.4) is 0 Å². The van der Waals surface area contributed by atoms with Gasteiger partial charge < -0.3 is 9.87 Å². The predicted octanol–water partition coefficient (Wildman–Crippen LogP) is 3.82. The van der Waals surface area contributed by atoms with Gasteiger partial charge in [0, 0.05) is 17.5 Å². The van der Waals surface area contributed by atoms with Crippen molar-refractivity contribution in [1.82, 2.24) is 5.32 Å². The monoisotopic (exact) mass is 348 g/mol. The van der Waals surface area contributed by atoms with Crippen molar-refractivity contribution < 1.29 is 8.94 Å². The first-order valence-corrected chi connectivity index (χ1v) is 9.47. The average Bonchev–Trinajstić information content (AvgIpc) is 3.28. The molecular weight excluding hydrogens is 323 g/mol. The first kappa shape index (κ1) is 18.8. The molecule has 2 rings (SSSR count). The normalized spacial score (nSPS) is 16.6. The highest BCUT2D eigenvalue weighted by Crippen LogP contribution is 2.33. The molecule has 1 aromatic rings. The van der Waals surface area contributed by atoms with Gasteiger partial charge in [0.1, 0.15) is 17.3 Å². The Morgan fingerprint density at radius 2 is 2.08 bits per heavy atom. The number of aliphatic imine (C=N–C) groups is 1. The van der Waals surface area contributed by atoms with E-state index in [1.807, 2.05) is 26.0 Å². The zero-order valence-corrected chi connectivity index (χ0v) is 15.6. The third-order valence-electron chi connectivity index (χ3n) is 3.79. The predicted molar refractivity (Wildman–Crippen MR) is 99.0 cm³/mol. The molecule has 1 fully saturated rings. The topological polar surface area (TPSA) is 47.5 Å². The van der Waals surface area contributed by atoms with Crippen LogP contribution in [0.25, 0.3) is 0 Å². The van der Waals surface area contributed by atoms with Crippen molar-refractivity contribution in [3.05, 3.63) is 23.3 Å². The number of hydrogen-bond donors (Lipinski definition) is 1. The zero-order valence-electron chi connectivity index (χ0n) is 14.8. The van der Waals surface area contributed by atoms with Gasteiger partial charge in [0.05, 0.1) is 12.2 Å². The number of amidine groups is 1. The number of benzene rings is 1. The third kappa shape index (κ3) is 5.25. The van der Waals surface area contributed by atoms with Gasteiger partial charge in [0.25, 0.3) is 0 Å². The molecular formula is C19H25FN2OS. The third-order valence-corrected chi connectivity index (χ3v) is 5.67. The highest BCUT2D eigenvalue weighted by atomic mass is 32.2. The van der Waals surface area contributed by atoms with E-state index >= 15 is 0 Å². The number of hydrogen-bond acceptors (Lipinski definition) is 2. The summed E-state index contributed by atoms with van der Waals surface area (Å²) < 4.78 is 26.4. The zero-order chi connectivity index (χ0) is 17.9. The minimum atomic E-state index is -1.47. The van der Waals surface area contributed by atoms with E-state index in [1.54, 1.807) is 0 Å². The van der Waals surface area contributed by atoms with Gasteiger partial charge in [-0.15, -0.1) is 6.42 Å². The summed E-state index contributed by atoms with van der Waals surface area (Å²) in [6.07, 6.45) is 7.53. The van der Waals surface area contributed by atoms with Crippen molar-refractivity contribution in [2.45, 2.75) is 51.1 Å². The second-order valence-electron chi connectivity index (χ2n) is 6.94. The first-order valence-electron chi connectivity index (χ1n) is 8.15. The summed E-state index contributed by atoms with van der Waals surface area (Å²) in [4.78, 5) is 5.37. The molecule has 0 saturated heterocycles. The second kappa shape index (κ2) is 7.58. The lowest BCUT2D eigenvalue weighted by Gasteiger charge is -2.19. The number of nitrogens with one attached hydrogen (secondary N) is 1. The van der Waals surface area contributed by atoms with E-state index < -0.39 is 16.8 Å². The minimum Gasteiger partial charge on any atom is -0.611 e. The molecule has 1 atom stereocenters. The van der Waals surface area contributed by atoms with E-state index in [4.69, 9.17) is 11.4 Å². The van der Waals surface area contributed by atoms with E-state index in [2.05, 4.69) is 11.2 Å². The summed E-state index contributed by atoms with van der Waals surface area (Å²) in [6.45, 7) is 7.21. The van der Waals surface area contributed by atoms with Crippen LogP contribution in [0.4, 0.5) is 10.1 Å². The maximum Gasteiger partial charge on any atom is 0.157 e. The largest absolute Gasteiger partial charge is 0.611 e. The van der Waals surface area contributed by atoms with Gasteiger partial charge in [-0.1, -0.05) is 5.92 Å². The fraction of sp³-hybridized carbons (Fsp3) is 0.526. The van der Waals surface area contributed by atoms with E-state index in [1.165, 1.54) is 13.8 Å². The van der Waals surface area contributed by atoms with E-state index in [0.717, 1.165) is 35.5 Å². The maximum atomic E-state index is 13.9. The molecule has 24 heavy (non-hydrogen) atoms. The molecule has 1 aliphatic rings. The van der Waals surface area contributed by atoms with Gasteiger partial charge in [0.2, 0.25) is 0 Å². The van der Waals surface area contributed by atoms with E-state index in [9.17, 15) is 8.94 Å². The number of halogens is 1. The number of rotatable bonds is 6. The van der Waals surface area contributed by atoms with Crippen molar-refractivity contribution in [2.24, 2.45) is 10.9 Å². The lowest BCUT2D eigenvalue weighted by Crippen LogP contribution is -2.26. The van der Waals surface area contributed by atoms with Gasteiger partial charge in [-0.05, 0) is 63.3 Å². The molecule has 1 unspecified atom stereocenters. The molecule has 1 saturated carbocycles. The summed E-state index contributed by atoms with van der Waals surface area (Å²) in [5.41, 5.74) is 1.21. The van der Waals surface area contributed by atoms with Crippen molar-refractivity contribution in [1.29, 1.82) is 0 Å². The maximum absolute atomic E-state index is 13.9. The second-order valence-corrected chi connectivity index (χ2v) is 8.36. The molecule has 130 valence electrons. The SMILES string of the molecule is C#CCN/C(=N\c1cc([S+]([O-])CC(C)(C)F)c(C)cc1C)C1CC1. The number of terminal acetylenes is 1. The Labute approximate surface area is 147 Å². The summed E-state index contributed by atoms with van der Waals surface area (Å²) in [7, 11) is 0. The average molecular weight is 348 g/mol. The quantitative estimate of drug-likeness (QED) is 0.368. The molecule has 1 N–H and O–H groups in total. The minimum absolute atomic E-state index is 0.0229. The molecule has 3 nitrogen and oxygen atoms in total. The van der Waals surface area contributed by atoms with Gasteiger partial charge >= 0.3 is 0 Å². The Bertz CT molecular complexity index is 669. The molecule has 0 aromatic heterocycles. The molecule has 1 aromatic carbocycles. The van der Waals surface area contributed by atoms with Crippen LogP contribution in [0, 0.1) is 32.1 Å². The number of aryl methyl sites for hydroxylation is 2. The van der Waals surface area contributed by atoms with Gasteiger partial charge in [-0.3, -0.25) is 0 Å². The van der Waals surface area contributed by atoms with Crippen molar-refractivity contribution in [2.75, 3.05) is 12.3 Å². The molecule has 5 heteroatoms. The van der Waals surface area contributed by atoms with Gasteiger partial charge in [0.15, 0.2) is 4.90 Å². The molecule has 0 heterocycles. The van der Waals surface area contributed by atoms with Gasteiger partial charge in [-0.25, -0.2) is 9.38 Å². The fourth-order valence-electron chi connectivity index (χ4n) is 2.48. The fourth-order valence-corrected chi connectivity index (χ4v) is 3.92. The lowest BCUT2D eigenvalue weighted by molar-refractivity contribution is 0.249. The van der Waals surface area contributed by atoms with Crippen LogP contribution in [0.1, 0.15) is 37.8 Å². The molecule has 0 spiro atoms.